The number of amides is 1. The molecule has 1 aliphatic heterocycles. The summed E-state index contributed by atoms with van der Waals surface area (Å²) in [6, 6.07) is 15.2. The molecule has 3 N–H and O–H groups in total. The third-order valence-electron chi connectivity index (χ3n) is 5.16. The lowest BCUT2D eigenvalue weighted by molar-refractivity contribution is -0.118. The number of aromatic amines is 1. The normalized spacial score (nSPS) is 17.8. The molecule has 3 aromatic rings. The van der Waals surface area contributed by atoms with Crippen LogP contribution in [0.4, 0.5) is 0 Å². The third-order valence-corrected chi connectivity index (χ3v) is 5.16. The van der Waals surface area contributed by atoms with E-state index < -0.39 is 0 Å². The summed E-state index contributed by atoms with van der Waals surface area (Å²) in [6.07, 6.45) is 5.25. The molecule has 1 amide bonds. The standard InChI is InChI=1S/C21H24N4O/c22-21(26)9-7-17-3-1-4-19(24-17)20-5-2-12-25(20)14-15-6-8-18-16(13-15)10-11-23-18/h1,3-4,6,8,10-11,13,20,23H,2,5,7,9,12,14H2,(H2,22,26). The van der Waals surface area contributed by atoms with Gasteiger partial charge < -0.3 is 10.7 Å². The van der Waals surface area contributed by atoms with Crippen molar-refractivity contribution in [3.63, 3.8) is 0 Å². The fourth-order valence-corrected chi connectivity index (χ4v) is 3.86. The Morgan fingerprint density at radius 3 is 3.08 bits per heavy atom. The van der Waals surface area contributed by atoms with Gasteiger partial charge in [0.15, 0.2) is 0 Å². The minimum Gasteiger partial charge on any atom is -0.370 e. The first-order chi connectivity index (χ1) is 12.7. The summed E-state index contributed by atoms with van der Waals surface area (Å²) in [5.74, 6) is -0.278. The fourth-order valence-electron chi connectivity index (χ4n) is 3.86. The van der Waals surface area contributed by atoms with Gasteiger partial charge in [-0.2, -0.15) is 0 Å². The number of primary amides is 1. The van der Waals surface area contributed by atoms with Crippen LogP contribution in [0, 0.1) is 0 Å². The number of rotatable bonds is 6. The maximum absolute atomic E-state index is 11.0. The number of pyridine rings is 1. The van der Waals surface area contributed by atoms with Crippen LogP contribution in [-0.4, -0.2) is 27.3 Å². The molecule has 0 bridgehead atoms. The topological polar surface area (TPSA) is 75.0 Å². The minimum atomic E-state index is -0.278. The Balaban J connectivity index is 1.50. The van der Waals surface area contributed by atoms with Gasteiger partial charge in [-0.05, 0) is 67.1 Å². The van der Waals surface area contributed by atoms with Crippen LogP contribution in [0.1, 0.15) is 42.3 Å². The largest absolute Gasteiger partial charge is 0.370 e. The maximum Gasteiger partial charge on any atom is 0.217 e. The number of carbonyl (C=O) groups excluding carboxylic acids is 1. The number of H-pyrrole nitrogens is 1. The molecular formula is C21H24N4O. The number of nitrogens with one attached hydrogen (secondary N) is 1. The first kappa shape index (κ1) is 16.8. The van der Waals surface area contributed by atoms with Gasteiger partial charge >= 0.3 is 0 Å². The van der Waals surface area contributed by atoms with Crippen LogP contribution in [0.5, 0.6) is 0 Å². The van der Waals surface area contributed by atoms with Crippen LogP contribution in [0.2, 0.25) is 0 Å². The number of carbonyl (C=O) groups is 1. The van der Waals surface area contributed by atoms with Gasteiger partial charge in [0.1, 0.15) is 0 Å². The lowest BCUT2D eigenvalue weighted by atomic mass is 10.1. The Bertz CT molecular complexity index is 917. The van der Waals surface area contributed by atoms with E-state index in [1.165, 1.54) is 22.9 Å². The number of nitrogens with two attached hydrogens (primary N) is 1. The molecule has 0 saturated carbocycles. The zero-order valence-electron chi connectivity index (χ0n) is 14.8. The molecule has 0 radical (unpaired) electrons. The first-order valence-corrected chi connectivity index (χ1v) is 9.23. The number of likely N-dealkylation sites (tertiary alicyclic amines) is 1. The Morgan fingerprint density at radius 2 is 2.19 bits per heavy atom. The van der Waals surface area contributed by atoms with Crippen molar-refractivity contribution in [2.45, 2.75) is 38.3 Å². The summed E-state index contributed by atoms with van der Waals surface area (Å²) < 4.78 is 0. The van der Waals surface area contributed by atoms with Crippen LogP contribution < -0.4 is 5.73 Å². The first-order valence-electron chi connectivity index (χ1n) is 9.23. The number of aromatic nitrogens is 2. The molecule has 26 heavy (non-hydrogen) atoms. The van der Waals surface area contributed by atoms with E-state index in [0.717, 1.165) is 30.9 Å². The highest BCUT2D eigenvalue weighted by molar-refractivity contribution is 5.79. The summed E-state index contributed by atoms with van der Waals surface area (Å²) in [5, 5.41) is 1.25. The predicted octanol–water partition coefficient (Wildman–Crippen LogP) is 3.32. The Labute approximate surface area is 153 Å². The molecule has 3 heterocycles. The van der Waals surface area contributed by atoms with E-state index in [1.54, 1.807) is 0 Å². The van der Waals surface area contributed by atoms with Crippen molar-refractivity contribution in [3.05, 3.63) is 65.6 Å². The second-order valence-electron chi connectivity index (χ2n) is 7.05. The molecule has 134 valence electrons. The van der Waals surface area contributed by atoms with Crippen molar-refractivity contribution >= 4 is 16.8 Å². The van der Waals surface area contributed by atoms with E-state index in [1.807, 2.05) is 18.3 Å². The summed E-state index contributed by atoms with van der Waals surface area (Å²) in [5.41, 5.74) is 9.82. The van der Waals surface area contributed by atoms with Gasteiger partial charge in [-0.1, -0.05) is 12.1 Å². The fraction of sp³-hybridized carbons (Fsp3) is 0.333. The van der Waals surface area contributed by atoms with Crippen molar-refractivity contribution in [1.29, 1.82) is 0 Å². The van der Waals surface area contributed by atoms with Gasteiger partial charge in [0.2, 0.25) is 5.91 Å². The van der Waals surface area contributed by atoms with Crippen LogP contribution in [-0.2, 0) is 17.8 Å². The van der Waals surface area contributed by atoms with Crippen molar-refractivity contribution in [2.75, 3.05) is 6.54 Å². The van der Waals surface area contributed by atoms with E-state index in [4.69, 9.17) is 10.7 Å². The molecule has 5 heteroatoms. The number of hydrogen-bond donors (Lipinski definition) is 2. The highest BCUT2D eigenvalue weighted by Gasteiger charge is 2.27. The molecule has 5 nitrogen and oxygen atoms in total. The van der Waals surface area contributed by atoms with E-state index >= 15 is 0 Å². The molecule has 1 unspecified atom stereocenters. The minimum absolute atomic E-state index is 0.278. The lowest BCUT2D eigenvalue weighted by Gasteiger charge is -2.24. The van der Waals surface area contributed by atoms with Gasteiger partial charge in [-0.25, -0.2) is 0 Å². The van der Waals surface area contributed by atoms with Gasteiger partial charge in [0, 0.05) is 30.4 Å². The van der Waals surface area contributed by atoms with Crippen LogP contribution in [0.3, 0.4) is 0 Å². The van der Waals surface area contributed by atoms with Crippen molar-refractivity contribution < 1.29 is 4.79 Å². The average molecular weight is 348 g/mol. The monoisotopic (exact) mass is 348 g/mol. The van der Waals surface area contributed by atoms with Gasteiger partial charge in [-0.3, -0.25) is 14.7 Å². The van der Waals surface area contributed by atoms with Crippen LogP contribution in [0.25, 0.3) is 10.9 Å². The van der Waals surface area contributed by atoms with Gasteiger partial charge in [0.25, 0.3) is 0 Å². The van der Waals surface area contributed by atoms with Gasteiger partial charge in [-0.15, -0.1) is 0 Å². The number of nitrogens with zero attached hydrogens (tertiary/aromatic N) is 2. The van der Waals surface area contributed by atoms with Crippen molar-refractivity contribution in [3.8, 4) is 0 Å². The Kier molecular flexibility index (Phi) is 4.71. The summed E-state index contributed by atoms with van der Waals surface area (Å²) in [4.78, 5) is 21.6. The van der Waals surface area contributed by atoms with Crippen molar-refractivity contribution in [2.24, 2.45) is 5.73 Å². The van der Waals surface area contributed by atoms with E-state index in [9.17, 15) is 4.79 Å². The molecule has 0 aliphatic carbocycles. The highest BCUT2D eigenvalue weighted by atomic mass is 16.1. The van der Waals surface area contributed by atoms with Gasteiger partial charge in [0.05, 0.1) is 11.7 Å². The quantitative estimate of drug-likeness (QED) is 0.717. The molecule has 1 saturated heterocycles. The average Bonchev–Trinajstić information content (AvgIpc) is 3.29. The number of hydrogen-bond acceptors (Lipinski definition) is 3. The van der Waals surface area contributed by atoms with E-state index in [-0.39, 0.29) is 5.91 Å². The Hall–Kier alpha value is -2.66. The second-order valence-corrected chi connectivity index (χ2v) is 7.05. The maximum atomic E-state index is 11.0. The van der Waals surface area contributed by atoms with E-state index in [2.05, 4.69) is 40.2 Å². The SMILES string of the molecule is NC(=O)CCc1cccc(C2CCCN2Cc2ccc3[nH]ccc3c2)n1. The summed E-state index contributed by atoms with van der Waals surface area (Å²) in [7, 11) is 0. The molecule has 1 aromatic carbocycles. The molecular weight excluding hydrogens is 324 g/mol. The molecule has 4 rings (SSSR count). The second kappa shape index (κ2) is 7.30. The smallest absolute Gasteiger partial charge is 0.217 e. The van der Waals surface area contributed by atoms with Crippen LogP contribution >= 0.6 is 0 Å². The zero-order chi connectivity index (χ0) is 17.9. The zero-order valence-corrected chi connectivity index (χ0v) is 14.8. The predicted molar refractivity (Wildman–Crippen MR) is 102 cm³/mol. The molecule has 0 spiro atoms. The number of fused-ring (bicyclic) bond motifs is 1. The summed E-state index contributed by atoms with van der Waals surface area (Å²) >= 11 is 0. The summed E-state index contributed by atoms with van der Waals surface area (Å²) in [6.45, 7) is 2.02. The molecule has 1 fully saturated rings. The lowest BCUT2D eigenvalue weighted by Crippen LogP contribution is -2.23. The molecule has 2 aromatic heterocycles. The highest BCUT2D eigenvalue weighted by Crippen LogP contribution is 2.32. The number of benzene rings is 1. The third kappa shape index (κ3) is 3.63. The molecule has 1 atom stereocenters. The molecule has 1 aliphatic rings. The number of aryl methyl sites for hydroxylation is 1. The van der Waals surface area contributed by atoms with Crippen molar-refractivity contribution in [1.82, 2.24) is 14.9 Å². The Morgan fingerprint density at radius 1 is 1.27 bits per heavy atom. The van der Waals surface area contributed by atoms with Crippen LogP contribution in [0.15, 0.2) is 48.7 Å². The van der Waals surface area contributed by atoms with E-state index in [0.29, 0.717) is 18.9 Å².